The Morgan fingerprint density at radius 1 is 1.22 bits per heavy atom. The summed E-state index contributed by atoms with van der Waals surface area (Å²) in [6.07, 6.45) is 3.94. The lowest BCUT2D eigenvalue weighted by atomic mass is 9.95. The molecule has 1 aliphatic rings. The molecule has 4 nitrogen and oxygen atoms in total. The van der Waals surface area contributed by atoms with E-state index in [9.17, 15) is 18.0 Å². The number of fused-ring (bicyclic) bond motifs is 1. The van der Waals surface area contributed by atoms with Gasteiger partial charge in [0.05, 0.1) is 10.2 Å². The first kappa shape index (κ1) is 27.9. The summed E-state index contributed by atoms with van der Waals surface area (Å²) in [6.45, 7) is 10.3. The molecule has 32 heavy (non-hydrogen) atoms. The van der Waals surface area contributed by atoms with E-state index in [1.165, 1.54) is 17.0 Å². The van der Waals surface area contributed by atoms with Gasteiger partial charge in [0, 0.05) is 37.3 Å². The molecule has 2 N–H and O–H groups in total. The Morgan fingerprint density at radius 2 is 1.78 bits per heavy atom. The van der Waals surface area contributed by atoms with Crippen molar-refractivity contribution in [1.82, 2.24) is 9.88 Å². The molecule has 178 valence electrons. The van der Waals surface area contributed by atoms with Crippen molar-refractivity contribution in [2.45, 2.75) is 53.6 Å². The number of alkyl halides is 3. The summed E-state index contributed by atoms with van der Waals surface area (Å²) < 4.78 is 32.9. The lowest BCUT2D eigenvalue weighted by Crippen LogP contribution is -2.37. The fourth-order valence-electron chi connectivity index (χ4n) is 2.94. The number of rotatable bonds is 3. The van der Waals surface area contributed by atoms with Crippen molar-refractivity contribution in [3.05, 3.63) is 46.1 Å². The number of hydrogen-bond donors (Lipinski definition) is 2. The van der Waals surface area contributed by atoms with Crippen LogP contribution in [0.25, 0.3) is 10.2 Å². The first-order valence-electron chi connectivity index (χ1n) is 10.4. The molecule has 1 fully saturated rings. The Kier molecular flexibility index (Phi) is 11.7. The highest BCUT2D eigenvalue weighted by atomic mass is 32.1. The number of hydrogen-bond acceptors (Lipinski definition) is 4. The zero-order valence-electron chi connectivity index (χ0n) is 19.2. The van der Waals surface area contributed by atoms with Crippen molar-refractivity contribution < 1.29 is 18.0 Å². The van der Waals surface area contributed by atoms with Gasteiger partial charge >= 0.3 is 6.18 Å². The highest BCUT2D eigenvalue weighted by Gasteiger charge is 2.25. The van der Waals surface area contributed by atoms with E-state index in [1.807, 2.05) is 44.2 Å². The molecule has 2 heterocycles. The topological polar surface area (TPSA) is 48.1 Å². The lowest BCUT2D eigenvalue weighted by molar-refractivity contribution is -0.121. The standard InChI is InChI=1S/C17H21N3OS2.C4H8.C2H3F3/c1-3-11(2)20-8-6-12(7-9-20)16(21)18-13-4-5-14-15(10-13)23-17(22)19-14;1-3-4-2;1-2(3,4)5/h3-5,10,12H,6-9H2,1-2H3,(H,18,21)(H,19,22);3-4H,1-2H3;1H3/b11-3+;4-3-;. The zero-order chi connectivity index (χ0) is 24.3. The summed E-state index contributed by atoms with van der Waals surface area (Å²) in [5.41, 5.74) is 3.16. The van der Waals surface area contributed by atoms with Crippen LogP contribution in [0.2, 0.25) is 0 Å². The number of likely N-dealkylation sites (tertiary alicyclic amines) is 1. The molecule has 1 aliphatic heterocycles. The molecule has 0 saturated carbocycles. The van der Waals surface area contributed by atoms with Crippen LogP contribution < -0.4 is 5.32 Å². The minimum atomic E-state index is -4.00. The van der Waals surface area contributed by atoms with Gasteiger partial charge in [-0.25, -0.2) is 0 Å². The number of aromatic amines is 1. The Morgan fingerprint density at radius 3 is 2.28 bits per heavy atom. The second kappa shape index (κ2) is 13.4. The number of carbonyl (C=O) groups excluding carboxylic acids is 1. The Hall–Kier alpha value is -2.13. The van der Waals surface area contributed by atoms with E-state index >= 15 is 0 Å². The fraction of sp³-hybridized carbons (Fsp3) is 0.478. The first-order valence-corrected chi connectivity index (χ1v) is 11.7. The van der Waals surface area contributed by atoms with Gasteiger partial charge in [0.25, 0.3) is 0 Å². The number of halogens is 3. The normalized spacial score (nSPS) is 15.1. The number of nitrogens with zero attached hydrogens (tertiary/aromatic N) is 1. The SMILES string of the molecule is C/C=C(\C)N1CCC(C(=O)Nc2ccc3[nH]c(=S)sc3c2)CC1.C/C=C\C.CC(F)(F)F. The Bertz CT molecular complexity index is 959. The molecule has 1 aromatic heterocycles. The monoisotopic (exact) mass is 487 g/mol. The molecular weight excluding hydrogens is 455 g/mol. The Labute approximate surface area is 197 Å². The maximum atomic E-state index is 12.5. The second-order valence-electron chi connectivity index (χ2n) is 7.35. The number of anilines is 1. The molecule has 2 aromatic rings. The number of nitrogens with one attached hydrogen (secondary N) is 2. The number of amides is 1. The van der Waals surface area contributed by atoms with Gasteiger partial charge in [-0.3, -0.25) is 4.79 Å². The van der Waals surface area contributed by atoms with E-state index in [0.29, 0.717) is 0 Å². The van der Waals surface area contributed by atoms with Crippen LogP contribution in [0.1, 0.15) is 47.5 Å². The summed E-state index contributed by atoms with van der Waals surface area (Å²) in [5, 5.41) is 3.06. The highest BCUT2D eigenvalue weighted by Crippen LogP contribution is 2.25. The molecule has 1 amide bonds. The average Bonchev–Trinajstić information content (AvgIpc) is 3.11. The van der Waals surface area contributed by atoms with Gasteiger partial charge in [0.15, 0.2) is 3.95 Å². The summed E-state index contributed by atoms with van der Waals surface area (Å²) >= 11 is 6.68. The molecule has 1 saturated heterocycles. The van der Waals surface area contributed by atoms with Gasteiger partial charge in [0.1, 0.15) is 0 Å². The number of benzene rings is 1. The van der Waals surface area contributed by atoms with Gasteiger partial charge in [-0.05, 0) is 71.0 Å². The van der Waals surface area contributed by atoms with E-state index in [0.717, 1.165) is 45.8 Å². The van der Waals surface area contributed by atoms with Crippen LogP contribution in [-0.2, 0) is 4.79 Å². The molecule has 0 radical (unpaired) electrons. The first-order chi connectivity index (χ1) is 15.0. The third kappa shape index (κ3) is 10.5. The summed E-state index contributed by atoms with van der Waals surface area (Å²) in [5.74, 6) is 0.220. The van der Waals surface area contributed by atoms with Crippen LogP contribution in [0.4, 0.5) is 18.9 Å². The molecule has 0 atom stereocenters. The fourth-order valence-corrected chi connectivity index (χ4v) is 4.10. The van der Waals surface area contributed by atoms with E-state index in [-0.39, 0.29) is 18.7 Å². The maximum absolute atomic E-state index is 12.5. The third-order valence-electron chi connectivity index (χ3n) is 4.80. The second-order valence-corrected chi connectivity index (χ2v) is 9.07. The largest absolute Gasteiger partial charge is 0.386 e. The van der Waals surface area contributed by atoms with Crippen molar-refractivity contribution in [2.75, 3.05) is 18.4 Å². The van der Waals surface area contributed by atoms with Gasteiger partial charge < -0.3 is 15.2 Å². The van der Waals surface area contributed by atoms with Crippen molar-refractivity contribution in [1.29, 1.82) is 0 Å². The minimum Gasteiger partial charge on any atom is -0.375 e. The third-order valence-corrected chi connectivity index (χ3v) is 6.00. The number of carbonyl (C=O) groups is 1. The van der Waals surface area contributed by atoms with Crippen LogP contribution in [0.5, 0.6) is 0 Å². The number of allylic oxidation sites excluding steroid dienone is 4. The average molecular weight is 488 g/mol. The van der Waals surface area contributed by atoms with Crippen molar-refractivity contribution >= 4 is 45.4 Å². The van der Waals surface area contributed by atoms with Crippen LogP contribution in [0.15, 0.2) is 42.1 Å². The summed E-state index contributed by atoms with van der Waals surface area (Å²) in [7, 11) is 0. The molecule has 9 heteroatoms. The molecule has 0 bridgehead atoms. The predicted molar refractivity (Wildman–Crippen MR) is 132 cm³/mol. The van der Waals surface area contributed by atoms with Crippen LogP contribution in [0, 0.1) is 9.87 Å². The minimum absolute atomic E-state index is 0.0935. The maximum Gasteiger partial charge on any atom is 0.386 e. The van der Waals surface area contributed by atoms with E-state index in [2.05, 4.69) is 35.1 Å². The number of aromatic nitrogens is 1. The molecule has 0 spiro atoms. The number of thiazole rings is 1. The van der Waals surface area contributed by atoms with E-state index in [1.54, 1.807) is 0 Å². The van der Waals surface area contributed by atoms with Crippen molar-refractivity contribution in [2.24, 2.45) is 5.92 Å². The van der Waals surface area contributed by atoms with E-state index in [4.69, 9.17) is 12.2 Å². The highest BCUT2D eigenvalue weighted by molar-refractivity contribution is 7.73. The van der Waals surface area contributed by atoms with Crippen LogP contribution >= 0.6 is 23.6 Å². The number of piperidine rings is 1. The van der Waals surface area contributed by atoms with Gasteiger partial charge in [-0.15, -0.1) is 11.3 Å². The van der Waals surface area contributed by atoms with Gasteiger partial charge in [0.2, 0.25) is 5.91 Å². The Balaban J connectivity index is 0.000000485. The van der Waals surface area contributed by atoms with E-state index < -0.39 is 6.18 Å². The van der Waals surface area contributed by atoms with Crippen LogP contribution in [0.3, 0.4) is 0 Å². The predicted octanol–water partition coefficient (Wildman–Crippen LogP) is 7.68. The molecular formula is C23H32F3N3OS2. The molecule has 0 aliphatic carbocycles. The lowest BCUT2D eigenvalue weighted by Gasteiger charge is -2.33. The van der Waals surface area contributed by atoms with Crippen molar-refractivity contribution in [3.8, 4) is 0 Å². The van der Waals surface area contributed by atoms with Gasteiger partial charge in [-0.1, -0.05) is 18.2 Å². The molecule has 1 aromatic carbocycles. The quantitative estimate of drug-likeness (QED) is 0.345. The summed E-state index contributed by atoms with van der Waals surface area (Å²) in [4.78, 5) is 18.0. The molecule has 0 unspecified atom stereocenters. The number of H-pyrrole nitrogens is 1. The van der Waals surface area contributed by atoms with Crippen molar-refractivity contribution in [3.63, 3.8) is 0 Å². The molecule has 3 rings (SSSR count). The zero-order valence-corrected chi connectivity index (χ0v) is 20.8. The summed E-state index contributed by atoms with van der Waals surface area (Å²) in [6, 6.07) is 5.88. The van der Waals surface area contributed by atoms with Gasteiger partial charge in [-0.2, -0.15) is 13.2 Å². The van der Waals surface area contributed by atoms with Crippen LogP contribution in [-0.4, -0.2) is 35.1 Å². The smallest absolute Gasteiger partial charge is 0.375 e.